The molecular formula is C16H14F2N2O4S. The molecule has 3 rings (SSSR count). The van der Waals surface area contributed by atoms with Crippen LogP contribution in [-0.4, -0.2) is 27.5 Å². The van der Waals surface area contributed by atoms with E-state index in [4.69, 9.17) is 4.74 Å². The van der Waals surface area contributed by atoms with Crippen molar-refractivity contribution in [2.45, 2.75) is 11.8 Å². The second-order valence-corrected chi connectivity index (χ2v) is 7.06. The minimum absolute atomic E-state index is 0.202. The van der Waals surface area contributed by atoms with Gasteiger partial charge in [-0.05, 0) is 30.3 Å². The molecule has 0 aromatic heterocycles. The van der Waals surface area contributed by atoms with Gasteiger partial charge in [0.1, 0.15) is 24.0 Å². The molecule has 0 saturated heterocycles. The van der Waals surface area contributed by atoms with Gasteiger partial charge >= 0.3 is 0 Å². The van der Waals surface area contributed by atoms with Crippen molar-refractivity contribution in [3.8, 4) is 5.75 Å². The molecular weight excluding hydrogens is 354 g/mol. The number of hydrogen-bond acceptors (Lipinski definition) is 4. The topological polar surface area (TPSA) is 75.7 Å². The van der Waals surface area contributed by atoms with Crippen LogP contribution in [0.1, 0.15) is 6.92 Å². The molecule has 0 unspecified atom stereocenters. The molecule has 25 heavy (non-hydrogen) atoms. The normalized spacial score (nSPS) is 13.8. The third kappa shape index (κ3) is 3.41. The molecule has 1 aliphatic rings. The molecule has 2 aromatic rings. The van der Waals surface area contributed by atoms with E-state index in [2.05, 4.69) is 0 Å². The van der Waals surface area contributed by atoms with E-state index in [0.717, 1.165) is 18.2 Å². The van der Waals surface area contributed by atoms with Crippen LogP contribution < -0.4 is 14.4 Å². The highest BCUT2D eigenvalue weighted by atomic mass is 32.2. The van der Waals surface area contributed by atoms with Crippen molar-refractivity contribution in [3.63, 3.8) is 0 Å². The molecule has 1 N–H and O–H groups in total. The zero-order valence-corrected chi connectivity index (χ0v) is 13.9. The number of carbonyl (C=O) groups is 1. The third-order valence-corrected chi connectivity index (χ3v) is 5.02. The van der Waals surface area contributed by atoms with E-state index in [1.54, 1.807) is 0 Å². The van der Waals surface area contributed by atoms with E-state index < -0.39 is 27.3 Å². The lowest BCUT2D eigenvalue weighted by atomic mass is 10.2. The first-order valence-electron chi connectivity index (χ1n) is 7.31. The van der Waals surface area contributed by atoms with Crippen LogP contribution in [0.15, 0.2) is 41.3 Å². The Morgan fingerprint density at radius 1 is 1.20 bits per heavy atom. The maximum absolute atomic E-state index is 13.7. The van der Waals surface area contributed by atoms with Gasteiger partial charge in [-0.2, -0.15) is 0 Å². The van der Waals surface area contributed by atoms with Gasteiger partial charge in [0.2, 0.25) is 5.91 Å². The number of anilines is 2. The van der Waals surface area contributed by atoms with Gasteiger partial charge in [0, 0.05) is 13.0 Å². The molecule has 0 fully saturated rings. The Kier molecular flexibility index (Phi) is 4.34. The Morgan fingerprint density at radius 2 is 1.96 bits per heavy atom. The summed E-state index contributed by atoms with van der Waals surface area (Å²) >= 11 is 0. The summed E-state index contributed by atoms with van der Waals surface area (Å²) < 4.78 is 59.3. The molecule has 0 bridgehead atoms. The molecule has 132 valence electrons. The highest BCUT2D eigenvalue weighted by Crippen LogP contribution is 2.34. The van der Waals surface area contributed by atoms with E-state index in [0.29, 0.717) is 18.0 Å². The molecule has 6 nitrogen and oxygen atoms in total. The lowest BCUT2D eigenvalue weighted by Crippen LogP contribution is -2.36. The number of halogens is 2. The average Bonchev–Trinajstić information content (AvgIpc) is 2.56. The summed E-state index contributed by atoms with van der Waals surface area (Å²) in [7, 11) is -4.19. The third-order valence-electron chi connectivity index (χ3n) is 3.66. The molecule has 2 aromatic carbocycles. The van der Waals surface area contributed by atoms with E-state index in [-0.39, 0.29) is 17.3 Å². The van der Waals surface area contributed by atoms with Crippen molar-refractivity contribution in [2.24, 2.45) is 0 Å². The van der Waals surface area contributed by atoms with E-state index in [1.165, 1.54) is 30.0 Å². The number of hydrogen-bond donors (Lipinski definition) is 1. The Bertz CT molecular complexity index is 947. The number of carbonyl (C=O) groups excluding carboxylic acids is 1. The molecule has 1 aliphatic heterocycles. The van der Waals surface area contributed by atoms with Gasteiger partial charge in [-0.15, -0.1) is 0 Å². The number of nitrogens with zero attached hydrogens (tertiary/aromatic N) is 1. The van der Waals surface area contributed by atoms with Crippen molar-refractivity contribution < 1.29 is 26.7 Å². The fourth-order valence-electron chi connectivity index (χ4n) is 2.47. The first kappa shape index (κ1) is 17.2. The van der Waals surface area contributed by atoms with Crippen LogP contribution in [0.2, 0.25) is 0 Å². The standard InChI is InChI=1S/C16H14F2N2O4S/c1-10(21)20-6-7-24-16-5-3-12(9-15(16)20)25(22,23)19-14-8-11(17)2-4-13(14)18/h2-5,8-9,19H,6-7H2,1H3. The van der Waals surface area contributed by atoms with Crippen molar-refractivity contribution in [1.29, 1.82) is 0 Å². The van der Waals surface area contributed by atoms with Crippen molar-refractivity contribution in [1.82, 2.24) is 0 Å². The fourth-order valence-corrected chi connectivity index (χ4v) is 3.55. The highest BCUT2D eigenvalue weighted by molar-refractivity contribution is 7.92. The summed E-state index contributed by atoms with van der Waals surface area (Å²) in [6, 6.07) is 6.40. The fraction of sp³-hybridized carbons (Fsp3) is 0.188. The second-order valence-electron chi connectivity index (χ2n) is 5.38. The van der Waals surface area contributed by atoms with Crippen molar-refractivity contribution >= 4 is 27.3 Å². The zero-order valence-electron chi connectivity index (χ0n) is 13.1. The molecule has 0 atom stereocenters. The first-order valence-corrected chi connectivity index (χ1v) is 8.79. The van der Waals surface area contributed by atoms with Crippen molar-refractivity contribution in [2.75, 3.05) is 22.8 Å². The minimum Gasteiger partial charge on any atom is -0.490 e. The van der Waals surface area contributed by atoms with E-state index in [9.17, 15) is 22.0 Å². The number of fused-ring (bicyclic) bond motifs is 1. The number of sulfonamides is 1. The molecule has 0 saturated carbocycles. The highest BCUT2D eigenvalue weighted by Gasteiger charge is 2.25. The number of amides is 1. The number of ether oxygens (including phenoxy) is 1. The van der Waals surface area contributed by atoms with Crippen LogP contribution in [0.25, 0.3) is 0 Å². The van der Waals surface area contributed by atoms with Crippen LogP contribution in [0.4, 0.5) is 20.2 Å². The predicted octanol–water partition coefficient (Wildman–Crippen LogP) is 2.51. The number of rotatable bonds is 3. The maximum atomic E-state index is 13.7. The van der Waals surface area contributed by atoms with Gasteiger partial charge in [-0.1, -0.05) is 0 Å². The summed E-state index contributed by atoms with van der Waals surface area (Å²) in [6.45, 7) is 1.94. The molecule has 1 heterocycles. The zero-order chi connectivity index (χ0) is 18.2. The Balaban J connectivity index is 1.99. The van der Waals surface area contributed by atoms with Gasteiger partial charge in [0.25, 0.3) is 10.0 Å². The van der Waals surface area contributed by atoms with Crippen LogP contribution in [-0.2, 0) is 14.8 Å². The monoisotopic (exact) mass is 368 g/mol. The molecule has 1 amide bonds. The Labute approximate surface area is 143 Å². The van der Waals surface area contributed by atoms with E-state index in [1.807, 2.05) is 4.72 Å². The van der Waals surface area contributed by atoms with Crippen LogP contribution >= 0.6 is 0 Å². The SMILES string of the molecule is CC(=O)N1CCOc2ccc(S(=O)(=O)Nc3cc(F)ccc3F)cc21. The Hall–Kier alpha value is -2.68. The van der Waals surface area contributed by atoms with Gasteiger partial charge in [-0.25, -0.2) is 17.2 Å². The van der Waals surface area contributed by atoms with Gasteiger partial charge < -0.3 is 9.64 Å². The van der Waals surface area contributed by atoms with Gasteiger partial charge in [0.05, 0.1) is 22.8 Å². The summed E-state index contributed by atoms with van der Waals surface area (Å²) in [4.78, 5) is 12.9. The van der Waals surface area contributed by atoms with Crippen LogP contribution in [0.5, 0.6) is 5.75 Å². The molecule has 0 aliphatic carbocycles. The summed E-state index contributed by atoms with van der Waals surface area (Å²) in [6.07, 6.45) is 0. The Morgan fingerprint density at radius 3 is 2.68 bits per heavy atom. The minimum atomic E-state index is -4.19. The van der Waals surface area contributed by atoms with Crippen molar-refractivity contribution in [3.05, 3.63) is 48.0 Å². The molecule has 0 radical (unpaired) electrons. The number of nitrogens with one attached hydrogen (secondary N) is 1. The summed E-state index contributed by atoms with van der Waals surface area (Å²) in [5, 5.41) is 0. The lowest BCUT2D eigenvalue weighted by Gasteiger charge is -2.29. The second kappa shape index (κ2) is 6.32. The molecule has 9 heteroatoms. The lowest BCUT2D eigenvalue weighted by molar-refractivity contribution is -0.116. The van der Waals surface area contributed by atoms with Crippen LogP contribution in [0, 0.1) is 11.6 Å². The van der Waals surface area contributed by atoms with Crippen LogP contribution in [0.3, 0.4) is 0 Å². The first-order chi connectivity index (χ1) is 11.8. The largest absolute Gasteiger partial charge is 0.490 e. The van der Waals surface area contributed by atoms with Gasteiger partial charge in [-0.3, -0.25) is 9.52 Å². The molecule has 0 spiro atoms. The summed E-state index contributed by atoms with van der Waals surface area (Å²) in [5.41, 5.74) is -0.196. The smallest absolute Gasteiger partial charge is 0.262 e. The maximum Gasteiger partial charge on any atom is 0.262 e. The van der Waals surface area contributed by atoms with Gasteiger partial charge in [0.15, 0.2) is 0 Å². The number of benzene rings is 2. The van der Waals surface area contributed by atoms with E-state index >= 15 is 0 Å². The predicted molar refractivity (Wildman–Crippen MR) is 87.1 cm³/mol. The average molecular weight is 368 g/mol. The summed E-state index contributed by atoms with van der Waals surface area (Å²) in [5.74, 6) is -1.57. The quantitative estimate of drug-likeness (QED) is 0.903.